The van der Waals surface area contributed by atoms with Crippen LogP contribution in [0.15, 0.2) is 71.8 Å². The summed E-state index contributed by atoms with van der Waals surface area (Å²) in [6, 6.07) is 19.7. The average molecular weight is 523 g/mol. The minimum atomic E-state index is -0.267. The van der Waals surface area contributed by atoms with Crippen molar-refractivity contribution in [1.29, 1.82) is 0 Å². The lowest BCUT2D eigenvalue weighted by molar-refractivity contribution is 0.102. The number of rotatable bonds is 6. The third-order valence-electron chi connectivity index (χ3n) is 7.51. The molecule has 0 spiro atoms. The molecule has 200 valence electrons. The molecular weight excluding hydrogens is 488 g/mol. The van der Waals surface area contributed by atoms with E-state index in [-0.39, 0.29) is 23.9 Å². The number of urea groups is 1. The summed E-state index contributed by atoms with van der Waals surface area (Å²) in [6.07, 6.45) is 6.18. The molecule has 39 heavy (non-hydrogen) atoms. The molecule has 0 atom stereocenters. The maximum absolute atomic E-state index is 14.1. The summed E-state index contributed by atoms with van der Waals surface area (Å²) in [4.78, 5) is 40.5. The fraction of sp³-hybridized carbons (Fsp3) is 0.312. The zero-order chi connectivity index (χ0) is 27.5. The van der Waals surface area contributed by atoms with E-state index in [9.17, 15) is 14.4 Å². The molecule has 1 aliphatic carbocycles. The van der Waals surface area contributed by atoms with E-state index < -0.39 is 0 Å². The summed E-state index contributed by atoms with van der Waals surface area (Å²) >= 11 is 0. The van der Waals surface area contributed by atoms with E-state index in [1.165, 1.54) is 6.42 Å². The van der Waals surface area contributed by atoms with E-state index in [1.807, 2.05) is 63.2 Å². The number of amides is 3. The Hall–Kier alpha value is -4.26. The standard InChI is InChI=1S/C32H34N4O3/c1-21(2)36-32(39)35(26-16-14-23(20-37)15-17-26)29-18-22(3)27(31(38)33-25-12-8-5-9-13-25)19-28(29)30(34-36)24-10-6-4-7-11-24/h5,8-9,12-21,24H,4,6-7,10-11H2,1-3H3,(H,33,38). The molecule has 1 N–H and O–H groups in total. The molecule has 1 aliphatic heterocycles. The van der Waals surface area contributed by atoms with Gasteiger partial charge < -0.3 is 5.32 Å². The van der Waals surface area contributed by atoms with Gasteiger partial charge in [-0.2, -0.15) is 5.10 Å². The Labute approximate surface area is 229 Å². The Balaban J connectivity index is 1.69. The topological polar surface area (TPSA) is 82.1 Å². The summed E-state index contributed by atoms with van der Waals surface area (Å²) in [5, 5.41) is 9.57. The van der Waals surface area contributed by atoms with E-state index in [2.05, 4.69) is 5.32 Å². The highest BCUT2D eigenvalue weighted by molar-refractivity contribution is 6.16. The minimum absolute atomic E-state index is 0.177. The lowest BCUT2D eigenvalue weighted by atomic mass is 9.82. The number of hydrazone groups is 1. The monoisotopic (exact) mass is 522 g/mol. The molecule has 1 saturated carbocycles. The lowest BCUT2D eigenvalue weighted by Gasteiger charge is -2.29. The second-order valence-electron chi connectivity index (χ2n) is 10.6. The molecule has 5 rings (SSSR count). The first kappa shape index (κ1) is 26.4. The number of aryl methyl sites for hydroxylation is 1. The number of carbonyl (C=O) groups is 3. The summed E-state index contributed by atoms with van der Waals surface area (Å²) in [5.41, 5.74) is 5.53. The van der Waals surface area contributed by atoms with Crippen LogP contribution in [-0.4, -0.2) is 35.0 Å². The van der Waals surface area contributed by atoms with Crippen molar-refractivity contribution in [2.45, 2.75) is 58.9 Å². The predicted octanol–water partition coefficient (Wildman–Crippen LogP) is 7.33. The van der Waals surface area contributed by atoms with E-state index in [0.29, 0.717) is 22.5 Å². The maximum atomic E-state index is 14.1. The van der Waals surface area contributed by atoms with Gasteiger partial charge in [0, 0.05) is 28.3 Å². The highest BCUT2D eigenvalue weighted by atomic mass is 16.2. The summed E-state index contributed by atoms with van der Waals surface area (Å²) in [6.45, 7) is 5.79. The molecule has 3 amide bonds. The van der Waals surface area contributed by atoms with Crippen molar-refractivity contribution in [2.24, 2.45) is 11.0 Å². The van der Waals surface area contributed by atoms with E-state index in [0.717, 1.165) is 54.5 Å². The van der Waals surface area contributed by atoms with Crippen LogP contribution in [0, 0.1) is 12.8 Å². The molecule has 7 nitrogen and oxygen atoms in total. The van der Waals surface area contributed by atoms with Crippen molar-refractivity contribution in [3.05, 3.63) is 89.0 Å². The zero-order valence-electron chi connectivity index (χ0n) is 22.7. The van der Waals surface area contributed by atoms with Crippen LogP contribution in [0.1, 0.15) is 77.8 Å². The largest absolute Gasteiger partial charge is 0.349 e. The van der Waals surface area contributed by atoms with Crippen molar-refractivity contribution >= 4 is 41.0 Å². The van der Waals surface area contributed by atoms with Crippen LogP contribution in [-0.2, 0) is 0 Å². The second kappa shape index (κ2) is 11.2. The molecule has 0 aromatic heterocycles. The smallest absolute Gasteiger partial charge is 0.322 e. The van der Waals surface area contributed by atoms with Gasteiger partial charge in [0.2, 0.25) is 0 Å². The Morgan fingerprint density at radius 3 is 2.33 bits per heavy atom. The molecule has 0 radical (unpaired) electrons. The number of nitrogens with one attached hydrogen (secondary N) is 1. The molecule has 3 aromatic carbocycles. The third kappa shape index (κ3) is 5.35. The van der Waals surface area contributed by atoms with Crippen LogP contribution >= 0.6 is 0 Å². The van der Waals surface area contributed by atoms with Crippen LogP contribution < -0.4 is 10.2 Å². The first-order valence-corrected chi connectivity index (χ1v) is 13.7. The first-order chi connectivity index (χ1) is 18.9. The van der Waals surface area contributed by atoms with Crippen LogP contribution in [0.2, 0.25) is 0 Å². The molecule has 2 aliphatic rings. The molecule has 0 unspecified atom stereocenters. The van der Waals surface area contributed by atoms with Crippen LogP contribution in [0.4, 0.5) is 21.9 Å². The Bertz CT molecular complexity index is 1410. The first-order valence-electron chi connectivity index (χ1n) is 13.7. The van der Waals surface area contributed by atoms with Gasteiger partial charge in [-0.25, -0.2) is 9.80 Å². The summed E-state index contributed by atoms with van der Waals surface area (Å²) in [5.74, 6) is -0.0145. The van der Waals surface area contributed by atoms with Gasteiger partial charge in [0.25, 0.3) is 5.91 Å². The van der Waals surface area contributed by atoms with Crippen LogP contribution in [0.25, 0.3) is 0 Å². The number of carbonyl (C=O) groups excluding carboxylic acids is 3. The molecular formula is C32H34N4O3. The Morgan fingerprint density at radius 2 is 1.69 bits per heavy atom. The van der Waals surface area contributed by atoms with E-state index in [1.54, 1.807) is 34.2 Å². The molecule has 0 bridgehead atoms. The fourth-order valence-electron chi connectivity index (χ4n) is 5.43. The van der Waals surface area contributed by atoms with Crippen molar-refractivity contribution in [3.8, 4) is 0 Å². The number of para-hydroxylation sites is 1. The number of hydrogen-bond acceptors (Lipinski definition) is 4. The van der Waals surface area contributed by atoms with Gasteiger partial charge in [-0.3, -0.25) is 14.5 Å². The third-order valence-corrected chi connectivity index (χ3v) is 7.51. The number of aldehydes is 1. The van der Waals surface area contributed by atoms with Gasteiger partial charge in [0.15, 0.2) is 0 Å². The van der Waals surface area contributed by atoms with Gasteiger partial charge in [-0.1, -0.05) is 37.5 Å². The van der Waals surface area contributed by atoms with Gasteiger partial charge in [-0.15, -0.1) is 0 Å². The SMILES string of the molecule is Cc1cc2c(cc1C(=O)Nc1ccccc1)C(C1CCCCC1)=NN(C(C)C)C(=O)N2c1ccc(C=O)cc1. The number of fused-ring (bicyclic) bond motifs is 1. The summed E-state index contributed by atoms with van der Waals surface area (Å²) < 4.78 is 0. The number of benzene rings is 3. The molecule has 7 heteroatoms. The quantitative estimate of drug-likeness (QED) is 0.344. The fourth-order valence-corrected chi connectivity index (χ4v) is 5.43. The predicted molar refractivity (Wildman–Crippen MR) is 155 cm³/mol. The Morgan fingerprint density at radius 1 is 1.00 bits per heavy atom. The highest BCUT2D eigenvalue weighted by Gasteiger charge is 2.36. The van der Waals surface area contributed by atoms with E-state index >= 15 is 0 Å². The lowest BCUT2D eigenvalue weighted by Crippen LogP contribution is -2.41. The highest BCUT2D eigenvalue weighted by Crippen LogP contribution is 2.39. The molecule has 1 heterocycles. The van der Waals surface area contributed by atoms with Crippen molar-refractivity contribution in [1.82, 2.24) is 5.01 Å². The van der Waals surface area contributed by atoms with Crippen molar-refractivity contribution in [2.75, 3.05) is 10.2 Å². The van der Waals surface area contributed by atoms with E-state index in [4.69, 9.17) is 5.10 Å². The van der Waals surface area contributed by atoms with Gasteiger partial charge >= 0.3 is 6.03 Å². The summed E-state index contributed by atoms with van der Waals surface area (Å²) in [7, 11) is 0. The molecule has 1 fully saturated rings. The molecule has 3 aromatic rings. The average Bonchev–Trinajstić information content (AvgIpc) is 3.07. The zero-order valence-corrected chi connectivity index (χ0v) is 22.7. The van der Waals surface area contributed by atoms with Crippen molar-refractivity contribution < 1.29 is 14.4 Å². The van der Waals surface area contributed by atoms with Crippen LogP contribution in [0.3, 0.4) is 0 Å². The number of hydrogen-bond donors (Lipinski definition) is 1. The second-order valence-corrected chi connectivity index (χ2v) is 10.6. The van der Waals surface area contributed by atoms with Crippen LogP contribution in [0.5, 0.6) is 0 Å². The maximum Gasteiger partial charge on any atom is 0.349 e. The number of anilines is 3. The normalized spacial score (nSPS) is 16.0. The minimum Gasteiger partial charge on any atom is -0.322 e. The number of nitrogens with zero attached hydrogens (tertiary/aromatic N) is 3. The van der Waals surface area contributed by atoms with Gasteiger partial charge in [0.05, 0.1) is 23.1 Å². The molecule has 0 saturated heterocycles. The van der Waals surface area contributed by atoms with Gasteiger partial charge in [0.1, 0.15) is 6.29 Å². The Kier molecular flexibility index (Phi) is 7.59. The van der Waals surface area contributed by atoms with Gasteiger partial charge in [-0.05, 0) is 87.7 Å². The van der Waals surface area contributed by atoms with Crippen molar-refractivity contribution in [3.63, 3.8) is 0 Å².